The fourth-order valence-electron chi connectivity index (χ4n) is 3.25. The van der Waals surface area contributed by atoms with Crippen LogP contribution in [0.2, 0.25) is 10.0 Å². The molecule has 16 heteroatoms. The van der Waals surface area contributed by atoms with Gasteiger partial charge >= 0.3 is 10.1 Å². The van der Waals surface area contributed by atoms with E-state index in [4.69, 9.17) is 32.1 Å². The number of carbonyl (C=O) groups is 2. The number of hydrogen-bond acceptors (Lipinski definition) is 9. The number of nitro benzene ring substituents is 1. The summed E-state index contributed by atoms with van der Waals surface area (Å²) in [7, 11) is -3.08. The van der Waals surface area contributed by atoms with E-state index in [1.165, 1.54) is 56.5 Å². The molecule has 212 valence electrons. The van der Waals surface area contributed by atoms with Crippen LogP contribution in [0.3, 0.4) is 0 Å². The Hall–Kier alpha value is -4.16. The van der Waals surface area contributed by atoms with Crippen LogP contribution in [-0.2, 0) is 19.7 Å². The highest BCUT2D eigenvalue weighted by Gasteiger charge is 2.23. The Labute approximate surface area is 251 Å². The summed E-state index contributed by atoms with van der Waals surface area (Å²) >= 11 is 15.3. The van der Waals surface area contributed by atoms with Gasteiger partial charge in [0, 0.05) is 24.7 Å². The predicted octanol–water partition coefficient (Wildman–Crippen LogP) is 5.94. The standard InChI is InChI=1S/C25H17BrCl2N4O8S/c1-13(33)30-16-3-5-18(6-4-16)41(37,38)40-24-19(26)8-14(9-22(24)39-2)7-15(12-29)25(34)31-23-20(27)10-17(32(35)36)11-21(23)28/h3-11H,1-2H3,(H,30,33)(H,31,34)/b15-7+. The van der Waals surface area contributed by atoms with Gasteiger partial charge in [0.1, 0.15) is 16.5 Å². The van der Waals surface area contributed by atoms with Crippen LogP contribution in [0.5, 0.6) is 11.5 Å². The number of amides is 2. The average molecular weight is 684 g/mol. The molecule has 0 aromatic heterocycles. The van der Waals surface area contributed by atoms with Crippen LogP contribution in [0.25, 0.3) is 6.08 Å². The summed E-state index contributed by atoms with van der Waals surface area (Å²) in [5.41, 5.74) is -0.308. The van der Waals surface area contributed by atoms with Gasteiger partial charge in [-0.3, -0.25) is 19.7 Å². The first-order chi connectivity index (χ1) is 19.2. The maximum Gasteiger partial charge on any atom is 0.339 e. The number of anilines is 2. The molecule has 0 spiro atoms. The van der Waals surface area contributed by atoms with Crippen molar-refractivity contribution in [2.45, 2.75) is 11.8 Å². The normalized spacial score (nSPS) is 11.3. The third-order valence-corrected chi connectivity index (χ3v) is 7.48. The molecule has 41 heavy (non-hydrogen) atoms. The van der Waals surface area contributed by atoms with Gasteiger partial charge in [0.15, 0.2) is 11.5 Å². The largest absolute Gasteiger partial charge is 0.493 e. The van der Waals surface area contributed by atoms with E-state index in [2.05, 4.69) is 26.6 Å². The van der Waals surface area contributed by atoms with Crippen LogP contribution in [0, 0.1) is 21.4 Å². The SMILES string of the molecule is COc1cc(/C=C(\C#N)C(=O)Nc2c(Cl)cc([N+](=O)[O-])cc2Cl)cc(Br)c1OS(=O)(=O)c1ccc(NC(C)=O)cc1. The molecule has 0 fully saturated rings. The molecule has 0 radical (unpaired) electrons. The Kier molecular flexibility index (Phi) is 9.95. The van der Waals surface area contributed by atoms with Crippen molar-refractivity contribution in [3.8, 4) is 17.6 Å². The molecule has 0 atom stereocenters. The second-order valence-electron chi connectivity index (χ2n) is 7.94. The summed E-state index contributed by atoms with van der Waals surface area (Å²) in [4.78, 5) is 34.0. The van der Waals surface area contributed by atoms with Crippen molar-refractivity contribution < 1.29 is 31.9 Å². The number of carbonyl (C=O) groups excluding carboxylic acids is 2. The van der Waals surface area contributed by atoms with E-state index in [0.29, 0.717) is 5.69 Å². The van der Waals surface area contributed by atoms with Gasteiger partial charge in [0.2, 0.25) is 5.91 Å². The van der Waals surface area contributed by atoms with E-state index >= 15 is 0 Å². The molecule has 0 saturated carbocycles. The minimum Gasteiger partial charge on any atom is -0.493 e. The van der Waals surface area contributed by atoms with Crippen LogP contribution in [-0.4, -0.2) is 32.3 Å². The number of nitrogens with zero attached hydrogens (tertiary/aromatic N) is 2. The number of methoxy groups -OCH3 is 1. The summed E-state index contributed by atoms with van der Waals surface area (Å²) in [6, 6.07) is 11.7. The van der Waals surface area contributed by atoms with Crippen LogP contribution in [0.4, 0.5) is 17.1 Å². The topological polar surface area (TPSA) is 178 Å². The van der Waals surface area contributed by atoms with Crippen LogP contribution in [0.1, 0.15) is 12.5 Å². The van der Waals surface area contributed by atoms with Gasteiger partial charge in [0.25, 0.3) is 11.6 Å². The number of ether oxygens (including phenoxy) is 1. The quantitative estimate of drug-likeness (QED) is 0.0907. The number of nitrogens with one attached hydrogen (secondary N) is 2. The number of nitriles is 1. The maximum absolute atomic E-state index is 12.9. The highest BCUT2D eigenvalue weighted by atomic mass is 79.9. The molecular weight excluding hydrogens is 667 g/mol. The molecule has 0 unspecified atom stereocenters. The number of nitro groups is 1. The smallest absolute Gasteiger partial charge is 0.339 e. The molecular formula is C25H17BrCl2N4O8S. The summed E-state index contributed by atoms with van der Waals surface area (Å²) in [5, 5.41) is 25.0. The molecule has 2 amide bonds. The van der Waals surface area contributed by atoms with Gasteiger partial charge in [-0.2, -0.15) is 13.7 Å². The van der Waals surface area contributed by atoms with Crippen LogP contribution < -0.4 is 19.6 Å². The van der Waals surface area contributed by atoms with Crippen molar-refractivity contribution in [3.63, 3.8) is 0 Å². The Morgan fingerprint density at radius 2 is 1.71 bits per heavy atom. The Bertz CT molecular complexity index is 1720. The van der Waals surface area contributed by atoms with Crippen molar-refractivity contribution >= 4 is 84.2 Å². The van der Waals surface area contributed by atoms with Gasteiger partial charge in [-0.25, -0.2) is 0 Å². The molecule has 3 aromatic rings. The van der Waals surface area contributed by atoms with E-state index in [-0.39, 0.29) is 48.1 Å². The van der Waals surface area contributed by atoms with Crippen molar-refractivity contribution in [1.29, 1.82) is 5.26 Å². The van der Waals surface area contributed by atoms with E-state index in [1.807, 2.05) is 0 Å². The summed E-state index contributed by atoms with van der Waals surface area (Å²) < 4.78 is 36.5. The zero-order valence-electron chi connectivity index (χ0n) is 20.9. The highest BCUT2D eigenvalue weighted by molar-refractivity contribution is 9.10. The first kappa shape index (κ1) is 31.4. The Morgan fingerprint density at radius 1 is 1.10 bits per heavy atom. The third kappa shape index (κ3) is 7.74. The number of halogens is 3. The van der Waals surface area contributed by atoms with Gasteiger partial charge in [-0.1, -0.05) is 23.2 Å². The minimum absolute atomic E-state index is 0.0526. The molecule has 2 N–H and O–H groups in total. The Balaban J connectivity index is 1.90. The van der Waals surface area contributed by atoms with E-state index in [0.717, 1.165) is 12.1 Å². The van der Waals surface area contributed by atoms with E-state index in [9.17, 15) is 33.4 Å². The first-order valence-corrected chi connectivity index (χ1v) is 14.0. The molecule has 3 aromatic carbocycles. The fourth-order valence-corrected chi connectivity index (χ4v) is 5.43. The molecule has 12 nitrogen and oxygen atoms in total. The third-order valence-electron chi connectivity index (χ3n) is 5.06. The van der Waals surface area contributed by atoms with Gasteiger partial charge < -0.3 is 19.6 Å². The van der Waals surface area contributed by atoms with Crippen molar-refractivity contribution in [3.05, 3.63) is 84.3 Å². The highest BCUT2D eigenvalue weighted by Crippen LogP contribution is 2.39. The zero-order chi connectivity index (χ0) is 30.5. The van der Waals surface area contributed by atoms with Crippen molar-refractivity contribution in [1.82, 2.24) is 0 Å². The lowest BCUT2D eigenvalue weighted by atomic mass is 10.1. The van der Waals surface area contributed by atoms with E-state index < -0.39 is 32.2 Å². The van der Waals surface area contributed by atoms with Gasteiger partial charge in [-0.05, 0) is 64.0 Å². The van der Waals surface area contributed by atoms with Gasteiger partial charge in [0.05, 0.1) is 32.2 Å². The lowest BCUT2D eigenvalue weighted by Gasteiger charge is -2.14. The summed E-state index contributed by atoms with van der Waals surface area (Å²) in [5.74, 6) is -1.51. The maximum atomic E-state index is 12.9. The fraction of sp³-hybridized carbons (Fsp3) is 0.0800. The molecule has 3 rings (SSSR count). The number of benzene rings is 3. The molecule has 0 heterocycles. The number of rotatable bonds is 9. The van der Waals surface area contributed by atoms with Crippen molar-refractivity contribution in [2.24, 2.45) is 0 Å². The molecule has 0 aliphatic heterocycles. The van der Waals surface area contributed by atoms with Crippen molar-refractivity contribution in [2.75, 3.05) is 17.7 Å². The predicted molar refractivity (Wildman–Crippen MR) is 155 cm³/mol. The monoisotopic (exact) mass is 682 g/mol. The molecule has 0 saturated heterocycles. The molecule has 0 aliphatic rings. The minimum atomic E-state index is -4.34. The second-order valence-corrected chi connectivity index (χ2v) is 11.2. The lowest BCUT2D eigenvalue weighted by molar-refractivity contribution is -0.384. The average Bonchev–Trinajstić information content (AvgIpc) is 2.90. The second kappa shape index (κ2) is 13.0. The Morgan fingerprint density at radius 3 is 2.22 bits per heavy atom. The first-order valence-electron chi connectivity index (χ1n) is 11.0. The molecule has 0 aliphatic carbocycles. The number of hydrogen-bond donors (Lipinski definition) is 2. The van der Waals surface area contributed by atoms with Crippen LogP contribution in [0.15, 0.2) is 63.5 Å². The zero-order valence-corrected chi connectivity index (χ0v) is 24.8. The van der Waals surface area contributed by atoms with Crippen LogP contribution >= 0.6 is 39.1 Å². The lowest BCUT2D eigenvalue weighted by Crippen LogP contribution is -2.14. The summed E-state index contributed by atoms with van der Waals surface area (Å²) in [6.45, 7) is 1.31. The number of non-ortho nitro benzene ring substituents is 1. The van der Waals surface area contributed by atoms with E-state index in [1.54, 1.807) is 6.07 Å². The summed E-state index contributed by atoms with van der Waals surface area (Å²) in [6.07, 6.45) is 1.18. The van der Waals surface area contributed by atoms with Gasteiger partial charge in [-0.15, -0.1) is 0 Å². The molecule has 0 bridgehead atoms.